The Kier molecular flexibility index (Phi) is 37.6. The van der Waals surface area contributed by atoms with E-state index >= 15 is 0 Å². The zero-order valence-corrected chi connectivity index (χ0v) is 10.4. The monoisotopic (exact) mass is 203 g/mol. The van der Waals surface area contributed by atoms with Gasteiger partial charge in [-0.05, 0) is 0 Å². The van der Waals surface area contributed by atoms with Crippen molar-refractivity contribution in [2.24, 2.45) is 0 Å². The smallest absolute Gasteiger partial charge is 0.356 e. The van der Waals surface area contributed by atoms with Crippen molar-refractivity contribution in [3.63, 3.8) is 0 Å². The molecule has 48 valence electrons. The zero-order valence-electron chi connectivity index (χ0n) is 5.05. The van der Waals surface area contributed by atoms with E-state index in [1.165, 1.54) is 0 Å². The van der Waals surface area contributed by atoms with Crippen LogP contribution in [0.5, 0.6) is 0 Å². The first-order valence-corrected chi connectivity index (χ1v) is 1.10. The molecule has 0 amide bonds. The Morgan fingerprint density at radius 2 is 0.800 bits per heavy atom. The Morgan fingerprint density at radius 1 is 0.800 bits per heavy atom. The SMILES string of the molecule is O=[N+]([O-])[O-].O=[N+]([O-])[O-].[Ca+2].[K+]. The van der Waals surface area contributed by atoms with Crippen LogP contribution in [0.4, 0.5) is 0 Å². The Balaban J connectivity index is -0.0000000300. The molecular weight excluding hydrogens is 203 g/mol. The third kappa shape index (κ3) is 381. The Labute approximate surface area is 127 Å². The molecule has 0 radical (unpaired) electrons. The molecule has 0 aromatic rings. The van der Waals surface area contributed by atoms with Crippen LogP contribution >= 0.6 is 0 Å². The first-order chi connectivity index (χ1) is 3.46. The maximum Gasteiger partial charge on any atom is 2.00 e. The zero-order chi connectivity index (χ0) is 7.15. The normalized spacial score (nSPS) is 4.80. The summed E-state index contributed by atoms with van der Waals surface area (Å²) in [6, 6.07) is 0. The Bertz CT molecular complexity index is 73.7. The summed E-state index contributed by atoms with van der Waals surface area (Å²) in [5.74, 6) is 0. The standard InChI is InChI=1S/Ca.K.2NO3/c;;2*2-1(3)4/q+2;+1;2*-1. The van der Waals surface area contributed by atoms with E-state index in [1.54, 1.807) is 0 Å². The van der Waals surface area contributed by atoms with Crippen LogP contribution in [0, 0.1) is 30.6 Å². The van der Waals surface area contributed by atoms with Gasteiger partial charge in [0.1, 0.15) is 0 Å². The largest absolute Gasteiger partial charge is 2.00 e. The predicted molar refractivity (Wildman–Crippen MR) is 26.5 cm³/mol. The van der Waals surface area contributed by atoms with E-state index in [4.69, 9.17) is 30.6 Å². The minimum Gasteiger partial charge on any atom is -0.356 e. The van der Waals surface area contributed by atoms with Crippen molar-refractivity contribution < 1.29 is 61.6 Å². The molecule has 0 aromatic heterocycles. The predicted octanol–water partition coefficient (Wildman–Crippen LogP) is -3.86. The first kappa shape index (κ1) is 22.5. The van der Waals surface area contributed by atoms with Crippen LogP contribution in [0.25, 0.3) is 0 Å². The quantitative estimate of drug-likeness (QED) is 0.225. The van der Waals surface area contributed by atoms with Crippen molar-refractivity contribution in [2.75, 3.05) is 0 Å². The van der Waals surface area contributed by atoms with Gasteiger partial charge in [0.05, 0.1) is 10.2 Å². The molecule has 8 nitrogen and oxygen atoms in total. The van der Waals surface area contributed by atoms with Gasteiger partial charge in [0.15, 0.2) is 0 Å². The second-order valence-electron chi connectivity index (χ2n) is 0.447. The van der Waals surface area contributed by atoms with Gasteiger partial charge < -0.3 is 30.6 Å². The fourth-order valence-corrected chi connectivity index (χ4v) is 0. The molecule has 0 aliphatic heterocycles. The number of hydrogen-bond donors (Lipinski definition) is 0. The second-order valence-corrected chi connectivity index (χ2v) is 0.447. The maximum absolute atomic E-state index is 8.25. The van der Waals surface area contributed by atoms with Gasteiger partial charge >= 0.3 is 89.1 Å². The summed E-state index contributed by atoms with van der Waals surface area (Å²) in [6.07, 6.45) is 0. The van der Waals surface area contributed by atoms with Gasteiger partial charge in [-0.15, -0.1) is 0 Å². The van der Waals surface area contributed by atoms with Gasteiger partial charge in [-0.1, -0.05) is 0 Å². The molecule has 0 aromatic carbocycles. The Hall–Kier alpha value is 1.30. The van der Waals surface area contributed by atoms with Crippen molar-refractivity contribution >= 4 is 37.7 Å². The van der Waals surface area contributed by atoms with E-state index in [0.29, 0.717) is 0 Å². The summed E-state index contributed by atoms with van der Waals surface area (Å²) in [7, 11) is 0. The van der Waals surface area contributed by atoms with Crippen LogP contribution in [0.2, 0.25) is 0 Å². The topological polar surface area (TPSA) is 132 Å². The van der Waals surface area contributed by atoms with Crippen LogP contribution in [0.1, 0.15) is 0 Å². The minimum absolute atomic E-state index is 0. The van der Waals surface area contributed by atoms with Crippen molar-refractivity contribution in [2.45, 2.75) is 0 Å². The molecule has 0 saturated carbocycles. The third-order valence-corrected chi connectivity index (χ3v) is 0. The third-order valence-electron chi connectivity index (χ3n) is 0. The van der Waals surface area contributed by atoms with E-state index in [-0.39, 0.29) is 89.1 Å². The van der Waals surface area contributed by atoms with Crippen LogP contribution in [0.15, 0.2) is 0 Å². The molecule has 0 unspecified atom stereocenters. The van der Waals surface area contributed by atoms with Crippen molar-refractivity contribution in [1.29, 1.82) is 0 Å². The molecule has 0 heterocycles. The number of nitrogens with zero attached hydrogens (tertiary/aromatic N) is 2. The molecule has 0 spiro atoms. The first-order valence-electron chi connectivity index (χ1n) is 1.10. The van der Waals surface area contributed by atoms with Crippen molar-refractivity contribution in [1.82, 2.24) is 0 Å². The van der Waals surface area contributed by atoms with Gasteiger partial charge in [-0.2, -0.15) is 0 Å². The summed E-state index contributed by atoms with van der Waals surface area (Å²) < 4.78 is 0. The fraction of sp³-hybridized carbons (Fsp3) is 0. The maximum atomic E-state index is 8.25. The molecule has 10 heavy (non-hydrogen) atoms. The molecule has 0 bridgehead atoms. The van der Waals surface area contributed by atoms with Gasteiger partial charge in [0.2, 0.25) is 0 Å². The Morgan fingerprint density at radius 3 is 0.800 bits per heavy atom. The van der Waals surface area contributed by atoms with E-state index in [1.807, 2.05) is 0 Å². The van der Waals surface area contributed by atoms with Gasteiger partial charge in [0, 0.05) is 0 Å². The molecule has 0 atom stereocenters. The number of hydrogen-bond acceptors (Lipinski definition) is 6. The number of rotatable bonds is 0. The van der Waals surface area contributed by atoms with E-state index < -0.39 is 10.2 Å². The molecule has 10 heteroatoms. The molecule has 0 fully saturated rings. The second kappa shape index (κ2) is 16.7. The van der Waals surface area contributed by atoms with Crippen molar-refractivity contribution in [3.05, 3.63) is 30.6 Å². The van der Waals surface area contributed by atoms with Gasteiger partial charge in [0.25, 0.3) is 0 Å². The van der Waals surface area contributed by atoms with Crippen LogP contribution < -0.4 is 51.4 Å². The van der Waals surface area contributed by atoms with E-state index in [9.17, 15) is 0 Å². The molecule has 0 aliphatic carbocycles. The summed E-state index contributed by atoms with van der Waals surface area (Å²) in [5.41, 5.74) is 0. The summed E-state index contributed by atoms with van der Waals surface area (Å²) >= 11 is 0. The van der Waals surface area contributed by atoms with Crippen LogP contribution in [0.3, 0.4) is 0 Å². The summed E-state index contributed by atoms with van der Waals surface area (Å²) in [4.78, 5) is 16.5. The minimum atomic E-state index is -1.75. The fourth-order valence-electron chi connectivity index (χ4n) is 0. The van der Waals surface area contributed by atoms with Crippen molar-refractivity contribution in [3.8, 4) is 0 Å². The molecule has 0 aliphatic rings. The molecular formula is CaKN2O6+. The van der Waals surface area contributed by atoms with Gasteiger partial charge in [-0.25, -0.2) is 0 Å². The van der Waals surface area contributed by atoms with E-state index in [0.717, 1.165) is 0 Å². The van der Waals surface area contributed by atoms with E-state index in [2.05, 4.69) is 0 Å². The average Bonchev–Trinajstić information content (AvgIpc) is 1.25. The van der Waals surface area contributed by atoms with Gasteiger partial charge in [-0.3, -0.25) is 0 Å². The molecule has 0 saturated heterocycles. The summed E-state index contributed by atoms with van der Waals surface area (Å²) in [5, 5.41) is 29.5. The molecule has 0 rings (SSSR count). The molecule has 0 N–H and O–H groups in total. The average molecular weight is 203 g/mol. The van der Waals surface area contributed by atoms with Crippen LogP contribution in [-0.2, 0) is 0 Å². The van der Waals surface area contributed by atoms with Crippen LogP contribution in [-0.4, -0.2) is 47.9 Å². The summed E-state index contributed by atoms with van der Waals surface area (Å²) in [6.45, 7) is 0.